The molecule has 2 heterocycles. The number of carbonyl (C=O) groups is 1. The molecule has 0 aliphatic carbocycles. The molecule has 2 aromatic carbocycles. The Balaban J connectivity index is 1.40. The van der Waals surface area contributed by atoms with Crippen LogP contribution in [0.4, 0.5) is 26.1 Å². The molecular formula is C28H33F2N7O4. The van der Waals surface area contributed by atoms with Gasteiger partial charge in [-0.25, -0.2) is 18.7 Å². The SMILES string of the molecule is CCCN(CCO)CCCOc1cc2ncnc(Nc3cc(CC(=O)Nc4cc(F)cc(F)c4)[nH]n3)c2cc1OC. The number of nitrogens with one attached hydrogen (secondary N) is 3. The summed E-state index contributed by atoms with van der Waals surface area (Å²) in [5, 5.41) is 22.4. The van der Waals surface area contributed by atoms with Gasteiger partial charge in [-0.3, -0.25) is 9.89 Å². The van der Waals surface area contributed by atoms with Crippen molar-refractivity contribution in [3.63, 3.8) is 0 Å². The molecule has 0 fully saturated rings. The van der Waals surface area contributed by atoms with Crippen LogP contribution in [0.3, 0.4) is 0 Å². The van der Waals surface area contributed by atoms with Crippen LogP contribution in [0.5, 0.6) is 11.5 Å². The van der Waals surface area contributed by atoms with Crippen LogP contribution in [0.25, 0.3) is 10.9 Å². The molecule has 0 bridgehead atoms. The van der Waals surface area contributed by atoms with Crippen molar-refractivity contribution in [3.05, 3.63) is 60.1 Å². The first kappa shape index (κ1) is 29.6. The Kier molecular flexibility index (Phi) is 10.3. The van der Waals surface area contributed by atoms with Crippen LogP contribution in [0.15, 0.2) is 42.7 Å². The Hall–Kier alpha value is -4.36. The van der Waals surface area contributed by atoms with E-state index in [0.717, 1.165) is 44.1 Å². The fraction of sp³-hybridized carbons (Fsp3) is 0.357. The summed E-state index contributed by atoms with van der Waals surface area (Å²) in [6, 6.07) is 7.99. The molecule has 0 radical (unpaired) electrons. The number of fused-ring (bicyclic) bond motifs is 1. The van der Waals surface area contributed by atoms with Crippen LogP contribution in [-0.4, -0.2) is 76.0 Å². The molecule has 0 spiro atoms. The fourth-order valence-corrected chi connectivity index (χ4v) is 4.34. The van der Waals surface area contributed by atoms with Crippen molar-refractivity contribution in [3.8, 4) is 11.5 Å². The molecule has 13 heteroatoms. The molecule has 0 saturated carbocycles. The number of rotatable bonds is 15. The van der Waals surface area contributed by atoms with Gasteiger partial charge in [0.15, 0.2) is 17.3 Å². The number of benzene rings is 2. The van der Waals surface area contributed by atoms with E-state index in [2.05, 4.69) is 42.6 Å². The number of nitrogens with zero attached hydrogens (tertiary/aromatic N) is 4. The fourth-order valence-electron chi connectivity index (χ4n) is 4.34. The third kappa shape index (κ3) is 8.32. The van der Waals surface area contributed by atoms with Gasteiger partial charge in [0, 0.05) is 48.1 Å². The molecule has 1 amide bonds. The number of halogens is 2. The van der Waals surface area contributed by atoms with Crippen LogP contribution in [-0.2, 0) is 11.2 Å². The van der Waals surface area contributed by atoms with E-state index in [1.54, 1.807) is 25.3 Å². The molecule has 4 rings (SSSR count). The Labute approximate surface area is 235 Å². The zero-order valence-electron chi connectivity index (χ0n) is 22.9. The second-order valence-electron chi connectivity index (χ2n) is 9.30. The average molecular weight is 570 g/mol. The zero-order valence-corrected chi connectivity index (χ0v) is 22.9. The average Bonchev–Trinajstić information content (AvgIpc) is 3.36. The summed E-state index contributed by atoms with van der Waals surface area (Å²) in [5.41, 5.74) is 1.13. The van der Waals surface area contributed by atoms with Gasteiger partial charge < -0.3 is 30.1 Å². The Morgan fingerprint density at radius 1 is 1.05 bits per heavy atom. The Bertz CT molecular complexity index is 1440. The molecule has 4 N–H and O–H groups in total. The van der Waals surface area contributed by atoms with E-state index >= 15 is 0 Å². The number of H-pyrrole nitrogens is 1. The molecule has 2 aromatic heterocycles. The van der Waals surface area contributed by atoms with Crippen molar-refractivity contribution < 1.29 is 28.2 Å². The molecule has 4 aromatic rings. The molecule has 11 nitrogen and oxygen atoms in total. The number of aromatic amines is 1. The van der Waals surface area contributed by atoms with E-state index in [-0.39, 0.29) is 18.7 Å². The first-order valence-electron chi connectivity index (χ1n) is 13.2. The van der Waals surface area contributed by atoms with Gasteiger partial charge in [-0.05, 0) is 37.6 Å². The van der Waals surface area contributed by atoms with Gasteiger partial charge in [-0.1, -0.05) is 6.92 Å². The number of ether oxygens (including phenoxy) is 2. The van der Waals surface area contributed by atoms with Crippen LogP contribution < -0.4 is 20.1 Å². The monoisotopic (exact) mass is 569 g/mol. The first-order valence-corrected chi connectivity index (χ1v) is 13.2. The van der Waals surface area contributed by atoms with Crippen molar-refractivity contribution in [2.45, 2.75) is 26.2 Å². The lowest BCUT2D eigenvalue weighted by atomic mass is 10.2. The quantitative estimate of drug-likeness (QED) is 0.156. The second kappa shape index (κ2) is 14.3. The maximum Gasteiger partial charge on any atom is 0.230 e. The van der Waals surface area contributed by atoms with Crippen molar-refractivity contribution in [1.82, 2.24) is 25.1 Å². The van der Waals surface area contributed by atoms with Crippen molar-refractivity contribution in [1.29, 1.82) is 0 Å². The number of anilines is 3. The van der Waals surface area contributed by atoms with Crippen LogP contribution >= 0.6 is 0 Å². The van der Waals surface area contributed by atoms with E-state index in [1.165, 1.54) is 6.33 Å². The summed E-state index contributed by atoms with van der Waals surface area (Å²) in [4.78, 5) is 23.2. The molecular weight excluding hydrogens is 536 g/mol. The van der Waals surface area contributed by atoms with Crippen molar-refractivity contribution in [2.75, 3.05) is 50.6 Å². The number of hydrogen-bond acceptors (Lipinski definition) is 9. The number of aliphatic hydroxyl groups is 1. The number of aliphatic hydroxyl groups excluding tert-OH is 1. The van der Waals surface area contributed by atoms with Crippen molar-refractivity contribution >= 4 is 34.1 Å². The number of amides is 1. The normalized spacial score (nSPS) is 11.2. The molecule has 41 heavy (non-hydrogen) atoms. The van der Waals surface area contributed by atoms with Crippen LogP contribution in [0.2, 0.25) is 0 Å². The summed E-state index contributed by atoms with van der Waals surface area (Å²) in [6.07, 6.45) is 3.12. The topological polar surface area (TPSA) is 138 Å². The molecule has 0 atom stereocenters. The van der Waals surface area contributed by atoms with Gasteiger partial charge in [0.05, 0.1) is 32.3 Å². The maximum atomic E-state index is 13.4. The highest BCUT2D eigenvalue weighted by molar-refractivity contribution is 5.93. The summed E-state index contributed by atoms with van der Waals surface area (Å²) in [6.45, 7) is 5.09. The smallest absolute Gasteiger partial charge is 0.230 e. The highest BCUT2D eigenvalue weighted by atomic mass is 19.1. The van der Waals surface area contributed by atoms with Gasteiger partial charge in [0.25, 0.3) is 0 Å². The minimum absolute atomic E-state index is 0.0234. The number of carbonyl (C=O) groups excluding carboxylic acids is 1. The molecule has 0 saturated heterocycles. The van der Waals surface area contributed by atoms with E-state index < -0.39 is 17.5 Å². The highest BCUT2D eigenvalue weighted by Crippen LogP contribution is 2.34. The van der Waals surface area contributed by atoms with E-state index in [4.69, 9.17) is 9.47 Å². The minimum atomic E-state index is -0.784. The molecule has 218 valence electrons. The molecule has 0 aliphatic rings. The third-order valence-corrected chi connectivity index (χ3v) is 6.13. The Morgan fingerprint density at radius 2 is 1.85 bits per heavy atom. The molecule has 0 aliphatic heterocycles. The van der Waals surface area contributed by atoms with Crippen LogP contribution in [0.1, 0.15) is 25.5 Å². The van der Waals surface area contributed by atoms with E-state index in [9.17, 15) is 18.7 Å². The molecule has 0 unspecified atom stereocenters. The van der Waals surface area contributed by atoms with E-state index in [0.29, 0.717) is 52.9 Å². The lowest BCUT2D eigenvalue weighted by Gasteiger charge is -2.20. The van der Waals surface area contributed by atoms with Gasteiger partial charge in [-0.15, -0.1) is 0 Å². The lowest BCUT2D eigenvalue weighted by molar-refractivity contribution is -0.115. The van der Waals surface area contributed by atoms with Gasteiger partial charge in [0.1, 0.15) is 23.8 Å². The summed E-state index contributed by atoms with van der Waals surface area (Å²) >= 11 is 0. The second-order valence-corrected chi connectivity index (χ2v) is 9.30. The summed E-state index contributed by atoms with van der Waals surface area (Å²) in [5.74, 6) is -0.0894. The first-order chi connectivity index (χ1) is 19.9. The van der Waals surface area contributed by atoms with E-state index in [1.807, 2.05) is 0 Å². The van der Waals surface area contributed by atoms with Crippen LogP contribution in [0, 0.1) is 11.6 Å². The largest absolute Gasteiger partial charge is 0.493 e. The predicted octanol–water partition coefficient (Wildman–Crippen LogP) is 4.04. The van der Waals surface area contributed by atoms with Crippen molar-refractivity contribution in [2.24, 2.45) is 0 Å². The standard InChI is InChI=1S/C28H33F2N7O4/c1-3-5-37(7-8-38)6-4-9-41-25-16-23-22(15-24(25)40-2)28(32-17-31-23)34-26-13-21(35-36-26)14-27(39)33-20-11-18(29)10-19(30)12-20/h10-13,15-17,38H,3-9,14H2,1-2H3,(H,33,39)(H2,31,32,34,35,36). The number of methoxy groups -OCH3 is 1. The third-order valence-electron chi connectivity index (χ3n) is 6.13. The number of aromatic nitrogens is 4. The summed E-state index contributed by atoms with van der Waals surface area (Å²) < 4.78 is 38.3. The maximum absolute atomic E-state index is 13.4. The minimum Gasteiger partial charge on any atom is -0.493 e. The van der Waals surface area contributed by atoms with Gasteiger partial charge in [0.2, 0.25) is 5.91 Å². The predicted molar refractivity (Wildman–Crippen MR) is 151 cm³/mol. The Morgan fingerprint density at radius 3 is 2.59 bits per heavy atom. The van der Waals surface area contributed by atoms with Gasteiger partial charge in [-0.2, -0.15) is 5.10 Å². The number of hydrogen-bond donors (Lipinski definition) is 4. The zero-order chi connectivity index (χ0) is 29.2. The van der Waals surface area contributed by atoms with Gasteiger partial charge >= 0.3 is 0 Å². The highest BCUT2D eigenvalue weighted by Gasteiger charge is 2.14. The lowest BCUT2D eigenvalue weighted by Crippen LogP contribution is -2.29. The summed E-state index contributed by atoms with van der Waals surface area (Å²) in [7, 11) is 1.55.